The topological polar surface area (TPSA) is 46.2 Å². The third-order valence-electron chi connectivity index (χ3n) is 2.96. The summed E-state index contributed by atoms with van der Waals surface area (Å²) in [4.78, 5) is -0.528. The number of anilines is 1. The third kappa shape index (κ3) is 4.62. The first-order chi connectivity index (χ1) is 11.3. The van der Waals surface area contributed by atoms with Crippen molar-refractivity contribution in [2.45, 2.75) is 17.2 Å². The van der Waals surface area contributed by atoms with Crippen LogP contribution in [-0.4, -0.2) is 8.42 Å². The minimum atomic E-state index is -5.11. The highest BCUT2D eigenvalue weighted by Gasteiger charge is 2.37. The molecule has 0 saturated carbocycles. The molecule has 136 valence electrons. The van der Waals surface area contributed by atoms with Crippen molar-refractivity contribution in [3.05, 3.63) is 59.4 Å². The lowest BCUT2D eigenvalue weighted by Crippen LogP contribution is -2.16. The van der Waals surface area contributed by atoms with Crippen molar-refractivity contribution in [3.63, 3.8) is 0 Å². The Kier molecular flexibility index (Phi) is 4.73. The fourth-order valence-electron chi connectivity index (χ4n) is 1.84. The fourth-order valence-corrected chi connectivity index (χ4v) is 2.88. The second-order valence-corrected chi connectivity index (χ2v) is 6.54. The smallest absolute Gasteiger partial charge is 0.280 e. The van der Waals surface area contributed by atoms with Crippen LogP contribution in [0.3, 0.4) is 0 Å². The molecule has 1 N–H and O–H groups in total. The summed E-state index contributed by atoms with van der Waals surface area (Å²) < 4.78 is 115. The molecule has 0 aromatic heterocycles. The zero-order valence-corrected chi connectivity index (χ0v) is 12.7. The SMILES string of the molecule is O=S(=O)(Nc1cc(C(F)(F)F)cc(C(F)(F)F)c1)c1ccc(F)cc1. The van der Waals surface area contributed by atoms with Crippen LogP contribution < -0.4 is 4.72 Å². The molecule has 0 bridgehead atoms. The molecule has 0 spiro atoms. The minimum absolute atomic E-state index is 0.129. The molecule has 0 saturated heterocycles. The predicted molar refractivity (Wildman–Crippen MR) is 73.7 cm³/mol. The van der Waals surface area contributed by atoms with Crippen LogP contribution >= 0.6 is 0 Å². The maximum absolute atomic E-state index is 12.8. The molecule has 25 heavy (non-hydrogen) atoms. The van der Waals surface area contributed by atoms with Gasteiger partial charge < -0.3 is 0 Å². The first-order valence-corrected chi connectivity index (χ1v) is 7.85. The van der Waals surface area contributed by atoms with Gasteiger partial charge in [0.25, 0.3) is 10.0 Å². The van der Waals surface area contributed by atoms with Crippen LogP contribution in [-0.2, 0) is 22.4 Å². The van der Waals surface area contributed by atoms with Gasteiger partial charge in [0.15, 0.2) is 0 Å². The molecule has 0 aliphatic heterocycles. The van der Waals surface area contributed by atoms with E-state index in [0.29, 0.717) is 0 Å². The molecule has 0 atom stereocenters. The van der Waals surface area contributed by atoms with Crippen LogP contribution in [0.2, 0.25) is 0 Å². The van der Waals surface area contributed by atoms with Crippen LogP contribution in [0.25, 0.3) is 0 Å². The van der Waals surface area contributed by atoms with E-state index in [-0.39, 0.29) is 18.2 Å². The zero-order chi connectivity index (χ0) is 19.0. The molecule has 0 aliphatic carbocycles. The maximum Gasteiger partial charge on any atom is 0.416 e. The summed E-state index contributed by atoms with van der Waals surface area (Å²) in [7, 11) is -4.51. The number of hydrogen-bond donors (Lipinski definition) is 1. The zero-order valence-electron chi connectivity index (χ0n) is 11.9. The van der Waals surface area contributed by atoms with Gasteiger partial charge in [0, 0.05) is 0 Å². The van der Waals surface area contributed by atoms with Crippen LogP contribution in [0.15, 0.2) is 47.4 Å². The molecule has 2 rings (SSSR count). The van der Waals surface area contributed by atoms with Crippen molar-refractivity contribution in [3.8, 4) is 0 Å². The van der Waals surface area contributed by atoms with Crippen molar-refractivity contribution in [1.82, 2.24) is 0 Å². The van der Waals surface area contributed by atoms with E-state index in [9.17, 15) is 39.2 Å². The van der Waals surface area contributed by atoms with Gasteiger partial charge in [0.2, 0.25) is 0 Å². The van der Waals surface area contributed by atoms with E-state index in [4.69, 9.17) is 0 Å². The van der Waals surface area contributed by atoms with E-state index >= 15 is 0 Å². The highest BCUT2D eigenvalue weighted by atomic mass is 32.2. The number of sulfonamides is 1. The van der Waals surface area contributed by atoms with Gasteiger partial charge in [-0.1, -0.05) is 0 Å². The quantitative estimate of drug-likeness (QED) is 0.779. The van der Waals surface area contributed by atoms with Crippen molar-refractivity contribution in [1.29, 1.82) is 0 Å². The molecular formula is C14H8F7NO2S. The van der Waals surface area contributed by atoms with E-state index in [0.717, 1.165) is 24.3 Å². The van der Waals surface area contributed by atoms with Gasteiger partial charge in [-0.05, 0) is 42.5 Å². The van der Waals surface area contributed by atoms with Gasteiger partial charge in [-0.15, -0.1) is 0 Å². The van der Waals surface area contributed by atoms with Crippen molar-refractivity contribution < 1.29 is 39.2 Å². The molecule has 0 fully saturated rings. The van der Waals surface area contributed by atoms with Gasteiger partial charge in [-0.3, -0.25) is 4.72 Å². The van der Waals surface area contributed by atoms with Crippen LogP contribution in [0, 0.1) is 5.82 Å². The molecule has 2 aromatic carbocycles. The Labute approximate surface area is 137 Å². The fraction of sp³-hybridized carbons (Fsp3) is 0.143. The first-order valence-electron chi connectivity index (χ1n) is 6.37. The Hall–Kier alpha value is -2.30. The third-order valence-corrected chi connectivity index (χ3v) is 4.36. The standard InChI is InChI=1S/C14H8F7NO2S/c15-10-1-3-12(4-2-10)25(23,24)22-11-6-8(13(16,17)18)5-9(7-11)14(19,20)21/h1-7,22H. The lowest BCUT2D eigenvalue weighted by atomic mass is 10.1. The highest BCUT2D eigenvalue weighted by molar-refractivity contribution is 7.92. The molecule has 0 aliphatic rings. The summed E-state index contributed by atoms with van der Waals surface area (Å²) in [5.74, 6) is -0.766. The van der Waals surface area contributed by atoms with E-state index in [2.05, 4.69) is 0 Å². The van der Waals surface area contributed by atoms with Crippen LogP contribution in [0.4, 0.5) is 36.4 Å². The molecular weight excluding hydrogens is 379 g/mol. The van der Waals surface area contributed by atoms with Crippen LogP contribution in [0.1, 0.15) is 11.1 Å². The summed E-state index contributed by atoms with van der Waals surface area (Å²) in [6.45, 7) is 0. The average Bonchev–Trinajstić information content (AvgIpc) is 2.45. The average molecular weight is 387 g/mol. The molecule has 0 radical (unpaired) electrons. The van der Waals surface area contributed by atoms with Gasteiger partial charge in [0.1, 0.15) is 5.82 Å². The van der Waals surface area contributed by atoms with Gasteiger partial charge in [-0.25, -0.2) is 12.8 Å². The summed E-state index contributed by atoms with van der Waals surface area (Å²) in [5.41, 5.74) is -4.26. The van der Waals surface area contributed by atoms with Crippen molar-refractivity contribution >= 4 is 15.7 Å². The Morgan fingerprint density at radius 3 is 1.60 bits per heavy atom. The number of alkyl halides is 6. The minimum Gasteiger partial charge on any atom is -0.280 e. The Bertz CT molecular complexity index is 839. The summed E-state index contributed by atoms with van der Waals surface area (Å²) in [5, 5.41) is 0. The molecule has 3 nitrogen and oxygen atoms in total. The number of rotatable bonds is 3. The number of nitrogens with one attached hydrogen (secondary N) is 1. The van der Waals surface area contributed by atoms with Gasteiger partial charge in [-0.2, -0.15) is 26.3 Å². The van der Waals surface area contributed by atoms with Gasteiger partial charge >= 0.3 is 12.4 Å². The largest absolute Gasteiger partial charge is 0.416 e. The van der Waals surface area contributed by atoms with E-state index in [1.807, 2.05) is 0 Å². The molecule has 0 unspecified atom stereocenters. The summed E-state index contributed by atoms with van der Waals surface area (Å²) >= 11 is 0. The van der Waals surface area contributed by atoms with Crippen molar-refractivity contribution in [2.75, 3.05) is 4.72 Å². The number of benzene rings is 2. The van der Waals surface area contributed by atoms with Crippen molar-refractivity contribution in [2.24, 2.45) is 0 Å². The lowest BCUT2D eigenvalue weighted by molar-refractivity contribution is -0.143. The molecule has 0 heterocycles. The van der Waals surface area contributed by atoms with Crippen LogP contribution in [0.5, 0.6) is 0 Å². The molecule has 11 heteroatoms. The lowest BCUT2D eigenvalue weighted by Gasteiger charge is -2.15. The Morgan fingerprint density at radius 1 is 0.760 bits per heavy atom. The summed E-state index contributed by atoms with van der Waals surface area (Å²) in [6, 6.07) is 3.53. The molecule has 0 amide bonds. The second-order valence-electron chi connectivity index (χ2n) is 4.85. The Morgan fingerprint density at radius 2 is 1.20 bits per heavy atom. The maximum atomic E-state index is 12.8. The molecule has 2 aromatic rings. The number of halogens is 7. The van der Waals surface area contributed by atoms with Gasteiger partial charge in [0.05, 0.1) is 21.7 Å². The van der Waals surface area contributed by atoms with E-state index in [1.54, 1.807) is 4.72 Å². The monoisotopic (exact) mass is 387 g/mol. The first kappa shape index (κ1) is 19.0. The van der Waals surface area contributed by atoms with E-state index < -0.39 is 49.9 Å². The predicted octanol–water partition coefficient (Wildman–Crippen LogP) is 4.66. The van der Waals surface area contributed by atoms with E-state index in [1.165, 1.54) is 0 Å². The highest BCUT2D eigenvalue weighted by Crippen LogP contribution is 2.37. The second kappa shape index (κ2) is 6.21. The summed E-state index contributed by atoms with van der Waals surface area (Å²) in [6.07, 6.45) is -10.2. The Balaban J connectivity index is 2.49. The normalized spacial score (nSPS) is 12.9. The number of hydrogen-bond acceptors (Lipinski definition) is 2.